The summed E-state index contributed by atoms with van der Waals surface area (Å²) in [4.78, 5) is 0. The fourth-order valence-corrected chi connectivity index (χ4v) is 4.02. The van der Waals surface area contributed by atoms with Crippen LogP contribution in [0.2, 0.25) is 0 Å². The first-order valence-corrected chi connectivity index (χ1v) is 9.44. The Morgan fingerprint density at radius 3 is 2.48 bits per heavy atom. The molecule has 0 N–H and O–H groups in total. The van der Waals surface area contributed by atoms with E-state index in [1.807, 2.05) is 54.6 Å². The van der Waals surface area contributed by atoms with Crippen LogP contribution in [0.15, 0.2) is 72.8 Å². The first-order chi connectivity index (χ1) is 12.3. The Labute approximate surface area is 147 Å². The zero-order valence-electron chi connectivity index (χ0n) is 13.4. The second-order valence-electron chi connectivity index (χ2n) is 5.71. The maximum atomic E-state index is 12.7. The van der Waals surface area contributed by atoms with Crippen LogP contribution in [-0.4, -0.2) is 24.4 Å². The van der Waals surface area contributed by atoms with E-state index in [9.17, 15) is 4.21 Å². The fourth-order valence-electron chi connectivity index (χ4n) is 2.85. The smallest absolute Gasteiger partial charge is 0.169 e. The van der Waals surface area contributed by atoms with E-state index in [1.165, 1.54) is 0 Å². The van der Waals surface area contributed by atoms with Gasteiger partial charge in [-0.15, -0.1) is 5.10 Å². The molecule has 25 heavy (non-hydrogen) atoms. The Balaban J connectivity index is 1.57. The van der Waals surface area contributed by atoms with E-state index in [1.54, 1.807) is 4.68 Å². The third-order valence-corrected chi connectivity index (χ3v) is 5.23. The molecule has 0 spiro atoms. The molecule has 6 heteroatoms. The lowest BCUT2D eigenvalue weighted by molar-refractivity contribution is 0.679. The summed E-state index contributed by atoms with van der Waals surface area (Å²) in [5.74, 6) is 1.39. The van der Waals surface area contributed by atoms with Crippen LogP contribution in [0.1, 0.15) is 11.4 Å². The number of nitrogens with zero attached hydrogens (tertiary/aromatic N) is 4. The first kappa shape index (κ1) is 15.7. The first-order valence-electron chi connectivity index (χ1n) is 7.95. The van der Waals surface area contributed by atoms with Gasteiger partial charge in [0.2, 0.25) is 0 Å². The van der Waals surface area contributed by atoms with Gasteiger partial charge in [0.15, 0.2) is 5.82 Å². The number of fused-ring (bicyclic) bond motifs is 1. The summed E-state index contributed by atoms with van der Waals surface area (Å²) in [7, 11) is -1.10. The van der Waals surface area contributed by atoms with Crippen molar-refractivity contribution in [1.29, 1.82) is 0 Å². The molecule has 0 bridgehead atoms. The van der Waals surface area contributed by atoms with E-state index in [-0.39, 0.29) is 0 Å². The van der Waals surface area contributed by atoms with Crippen LogP contribution in [0.5, 0.6) is 0 Å². The van der Waals surface area contributed by atoms with Gasteiger partial charge in [-0.25, -0.2) is 0 Å². The molecule has 1 atom stereocenters. The predicted octanol–water partition coefficient (Wildman–Crippen LogP) is 3.26. The van der Waals surface area contributed by atoms with Gasteiger partial charge in [0.25, 0.3) is 0 Å². The summed E-state index contributed by atoms with van der Waals surface area (Å²) in [6.45, 7) is 0. The summed E-state index contributed by atoms with van der Waals surface area (Å²) in [6.07, 6.45) is 0. The lowest BCUT2D eigenvalue weighted by Gasteiger charge is -2.07. The third-order valence-electron chi connectivity index (χ3n) is 4.02. The molecule has 0 radical (unpaired) electrons. The SMILES string of the molecule is O=[S@@](Cc1cccc2ccccc12)Cc1nnnn1-c1ccccc1. The molecule has 124 valence electrons. The molecule has 0 saturated carbocycles. The maximum Gasteiger partial charge on any atom is 0.169 e. The largest absolute Gasteiger partial charge is 0.259 e. The van der Waals surface area contributed by atoms with E-state index in [0.717, 1.165) is 22.0 Å². The van der Waals surface area contributed by atoms with Gasteiger partial charge in [-0.2, -0.15) is 4.68 Å². The van der Waals surface area contributed by atoms with Crippen molar-refractivity contribution in [3.8, 4) is 5.69 Å². The number of benzene rings is 3. The molecule has 5 nitrogen and oxygen atoms in total. The summed E-state index contributed by atoms with van der Waals surface area (Å²) in [5.41, 5.74) is 1.94. The molecule has 0 aliphatic carbocycles. The molecule has 3 aromatic carbocycles. The summed E-state index contributed by atoms with van der Waals surface area (Å²) >= 11 is 0. The highest BCUT2D eigenvalue weighted by Gasteiger charge is 2.13. The topological polar surface area (TPSA) is 60.7 Å². The van der Waals surface area contributed by atoms with Crippen LogP contribution in [0.25, 0.3) is 16.5 Å². The van der Waals surface area contributed by atoms with Crippen LogP contribution in [0, 0.1) is 0 Å². The zero-order chi connectivity index (χ0) is 17.1. The molecule has 4 rings (SSSR count). The molecular weight excluding hydrogens is 332 g/mol. The molecule has 4 aromatic rings. The van der Waals surface area contributed by atoms with Crippen molar-refractivity contribution in [2.45, 2.75) is 11.5 Å². The lowest BCUT2D eigenvalue weighted by atomic mass is 10.1. The number of tetrazole rings is 1. The average Bonchev–Trinajstić information content (AvgIpc) is 3.11. The van der Waals surface area contributed by atoms with Crippen LogP contribution in [0.3, 0.4) is 0 Å². The van der Waals surface area contributed by atoms with Crippen LogP contribution >= 0.6 is 0 Å². The number of rotatable bonds is 5. The van der Waals surface area contributed by atoms with Crippen LogP contribution in [-0.2, 0) is 22.3 Å². The Morgan fingerprint density at radius 1 is 0.840 bits per heavy atom. The zero-order valence-corrected chi connectivity index (χ0v) is 14.3. The van der Waals surface area contributed by atoms with E-state index in [0.29, 0.717) is 17.3 Å². The fraction of sp³-hybridized carbons (Fsp3) is 0.105. The monoisotopic (exact) mass is 348 g/mol. The van der Waals surface area contributed by atoms with Gasteiger partial charge in [0.05, 0.1) is 11.4 Å². The Bertz CT molecular complexity index is 1020. The number of para-hydroxylation sites is 1. The van der Waals surface area contributed by atoms with Gasteiger partial charge in [0, 0.05) is 16.6 Å². The highest BCUT2D eigenvalue weighted by Crippen LogP contribution is 2.20. The third kappa shape index (κ3) is 3.34. The lowest BCUT2D eigenvalue weighted by Crippen LogP contribution is -2.08. The Hall–Kier alpha value is -2.86. The normalized spacial score (nSPS) is 12.3. The van der Waals surface area contributed by atoms with E-state index in [4.69, 9.17) is 0 Å². The minimum absolute atomic E-state index is 0.311. The van der Waals surface area contributed by atoms with Crippen molar-refractivity contribution in [2.24, 2.45) is 0 Å². The van der Waals surface area contributed by atoms with Gasteiger partial charge >= 0.3 is 0 Å². The van der Waals surface area contributed by atoms with E-state index < -0.39 is 10.8 Å². The highest BCUT2D eigenvalue weighted by molar-refractivity contribution is 7.83. The molecule has 1 aromatic heterocycles. The number of hydrogen-bond donors (Lipinski definition) is 0. The molecule has 0 aliphatic rings. The predicted molar refractivity (Wildman–Crippen MR) is 98.7 cm³/mol. The number of aromatic nitrogens is 4. The van der Waals surface area contributed by atoms with Crippen molar-refractivity contribution in [1.82, 2.24) is 20.2 Å². The second kappa shape index (κ2) is 6.94. The van der Waals surface area contributed by atoms with Crippen LogP contribution < -0.4 is 0 Å². The molecule has 0 unspecified atom stereocenters. The van der Waals surface area contributed by atoms with Crippen molar-refractivity contribution in [2.75, 3.05) is 0 Å². The molecule has 0 aliphatic heterocycles. The second-order valence-corrected chi connectivity index (χ2v) is 7.17. The highest BCUT2D eigenvalue weighted by atomic mass is 32.2. The number of hydrogen-bond acceptors (Lipinski definition) is 4. The molecular formula is C19H16N4OS. The van der Waals surface area contributed by atoms with Gasteiger partial charge in [-0.1, -0.05) is 60.7 Å². The van der Waals surface area contributed by atoms with Crippen molar-refractivity contribution >= 4 is 21.6 Å². The molecule has 1 heterocycles. The Kier molecular flexibility index (Phi) is 4.35. The average molecular weight is 348 g/mol. The quantitative estimate of drug-likeness (QED) is 0.555. The standard InChI is InChI=1S/C19H16N4OS/c24-25(13-16-9-6-8-15-7-4-5-12-18(15)16)14-19-20-21-22-23(19)17-10-2-1-3-11-17/h1-12H,13-14H2/t25-/m0/s1. The maximum absolute atomic E-state index is 12.7. The summed E-state index contributed by atoms with van der Waals surface area (Å²) in [5, 5.41) is 14.1. The van der Waals surface area contributed by atoms with E-state index in [2.05, 4.69) is 33.7 Å². The molecule has 0 saturated heterocycles. The van der Waals surface area contributed by atoms with Gasteiger partial charge in [-0.05, 0) is 38.9 Å². The van der Waals surface area contributed by atoms with Gasteiger partial charge in [0.1, 0.15) is 0 Å². The molecule has 0 fully saturated rings. The van der Waals surface area contributed by atoms with Gasteiger partial charge < -0.3 is 0 Å². The molecule has 0 amide bonds. The minimum atomic E-state index is -1.10. The van der Waals surface area contributed by atoms with Crippen LogP contribution in [0.4, 0.5) is 0 Å². The van der Waals surface area contributed by atoms with Crippen molar-refractivity contribution in [3.05, 3.63) is 84.2 Å². The van der Waals surface area contributed by atoms with Crippen molar-refractivity contribution in [3.63, 3.8) is 0 Å². The van der Waals surface area contributed by atoms with Crippen molar-refractivity contribution < 1.29 is 4.21 Å². The Morgan fingerprint density at radius 2 is 1.60 bits per heavy atom. The summed E-state index contributed by atoms with van der Waals surface area (Å²) < 4.78 is 14.3. The minimum Gasteiger partial charge on any atom is -0.259 e. The van der Waals surface area contributed by atoms with E-state index >= 15 is 0 Å². The van der Waals surface area contributed by atoms with Gasteiger partial charge in [-0.3, -0.25) is 4.21 Å². The summed E-state index contributed by atoms with van der Waals surface area (Å²) in [6, 6.07) is 23.9.